The van der Waals surface area contributed by atoms with Gasteiger partial charge in [-0.25, -0.2) is 4.39 Å². The van der Waals surface area contributed by atoms with E-state index in [0.29, 0.717) is 23.0 Å². The second kappa shape index (κ2) is 9.33. The summed E-state index contributed by atoms with van der Waals surface area (Å²) in [5.41, 5.74) is 4.00. The van der Waals surface area contributed by atoms with Gasteiger partial charge < -0.3 is 14.8 Å². The molecular formula is C23H22FNO2S. The van der Waals surface area contributed by atoms with Crippen molar-refractivity contribution in [3.63, 3.8) is 0 Å². The first-order valence-electron chi connectivity index (χ1n) is 8.95. The van der Waals surface area contributed by atoms with E-state index in [1.807, 2.05) is 30.3 Å². The molecule has 0 aliphatic carbocycles. The number of para-hydroxylation sites is 1. The maximum atomic E-state index is 13.1. The second-order valence-corrected chi connectivity index (χ2v) is 6.77. The third kappa shape index (κ3) is 4.87. The fraction of sp³-hybridized carbons (Fsp3) is 0.174. The monoisotopic (exact) mass is 395 g/mol. The molecule has 0 spiro atoms. The number of hydrogen-bond acceptors (Lipinski definition) is 3. The number of methoxy groups -OCH3 is 1. The van der Waals surface area contributed by atoms with E-state index in [1.165, 1.54) is 23.3 Å². The summed E-state index contributed by atoms with van der Waals surface area (Å²) in [4.78, 5) is 0.580. The molecule has 3 aromatic rings. The van der Waals surface area contributed by atoms with Crippen molar-refractivity contribution < 1.29 is 13.9 Å². The molecule has 3 aromatic carbocycles. The van der Waals surface area contributed by atoms with Gasteiger partial charge in [-0.05, 0) is 47.9 Å². The van der Waals surface area contributed by atoms with E-state index < -0.39 is 0 Å². The van der Waals surface area contributed by atoms with Crippen molar-refractivity contribution in [3.05, 3.63) is 94.8 Å². The highest BCUT2D eigenvalue weighted by atomic mass is 32.1. The van der Waals surface area contributed by atoms with E-state index >= 15 is 0 Å². The predicted molar refractivity (Wildman–Crippen MR) is 113 cm³/mol. The first kappa shape index (κ1) is 19.8. The fourth-order valence-electron chi connectivity index (χ4n) is 2.82. The van der Waals surface area contributed by atoms with Crippen LogP contribution in [-0.4, -0.2) is 12.1 Å². The Balaban J connectivity index is 1.77. The zero-order valence-corrected chi connectivity index (χ0v) is 16.7. The third-order valence-corrected chi connectivity index (χ3v) is 4.80. The molecule has 0 heterocycles. The fourth-order valence-corrected chi connectivity index (χ4v) is 3.05. The van der Waals surface area contributed by atoms with Gasteiger partial charge in [-0.2, -0.15) is 0 Å². The highest BCUT2D eigenvalue weighted by molar-refractivity contribution is 7.80. The smallest absolute Gasteiger partial charge is 0.171 e. The average molecular weight is 395 g/mol. The van der Waals surface area contributed by atoms with Crippen LogP contribution in [0.25, 0.3) is 0 Å². The van der Waals surface area contributed by atoms with Gasteiger partial charge in [0.1, 0.15) is 17.4 Å². The summed E-state index contributed by atoms with van der Waals surface area (Å²) in [6.07, 6.45) is 0. The molecule has 0 fully saturated rings. The molecule has 5 heteroatoms. The molecule has 0 aromatic heterocycles. The number of benzene rings is 3. The highest BCUT2D eigenvalue weighted by Gasteiger charge is 2.15. The quantitative estimate of drug-likeness (QED) is 0.558. The molecule has 0 bridgehead atoms. The summed E-state index contributed by atoms with van der Waals surface area (Å²) < 4.78 is 24.6. The number of halogens is 1. The molecule has 144 valence electrons. The molecule has 0 aliphatic heterocycles. The molecule has 0 aliphatic rings. The molecule has 0 atom stereocenters. The zero-order valence-electron chi connectivity index (χ0n) is 15.9. The normalized spacial score (nSPS) is 10.4. The molecule has 28 heavy (non-hydrogen) atoms. The van der Waals surface area contributed by atoms with Crippen molar-refractivity contribution in [2.24, 2.45) is 0 Å². The molecule has 0 saturated heterocycles. The number of ether oxygens (including phenoxy) is 2. The van der Waals surface area contributed by atoms with Gasteiger partial charge in [-0.15, -0.1) is 0 Å². The lowest BCUT2D eigenvalue weighted by Crippen LogP contribution is -2.23. The minimum Gasteiger partial charge on any atom is -0.493 e. The molecular weight excluding hydrogens is 373 g/mol. The van der Waals surface area contributed by atoms with Crippen LogP contribution in [0.15, 0.2) is 66.7 Å². The SMILES string of the molecule is COc1cccc(C(=S)NCc2ccccc2C)c1OCc1ccc(F)cc1. The standard InChI is InChI=1S/C23H22FNO2S/c1-16-6-3-4-7-18(16)14-25-23(28)20-8-5-9-21(26-2)22(20)27-15-17-10-12-19(24)13-11-17/h3-13H,14-15H2,1-2H3,(H,25,28). The summed E-state index contributed by atoms with van der Waals surface area (Å²) in [5, 5.41) is 3.30. The van der Waals surface area contributed by atoms with Crippen LogP contribution in [0, 0.1) is 12.7 Å². The van der Waals surface area contributed by atoms with Crippen LogP contribution in [0.5, 0.6) is 11.5 Å². The summed E-state index contributed by atoms with van der Waals surface area (Å²) >= 11 is 5.61. The minimum atomic E-state index is -0.275. The molecule has 1 N–H and O–H groups in total. The molecule has 0 saturated carbocycles. The van der Waals surface area contributed by atoms with Crippen molar-refractivity contribution in [1.29, 1.82) is 0 Å². The molecule has 3 nitrogen and oxygen atoms in total. The van der Waals surface area contributed by atoms with Gasteiger partial charge in [0.05, 0.1) is 12.7 Å². The number of hydrogen-bond donors (Lipinski definition) is 1. The van der Waals surface area contributed by atoms with Gasteiger partial charge in [-0.1, -0.05) is 54.7 Å². The van der Waals surface area contributed by atoms with Crippen molar-refractivity contribution in [2.45, 2.75) is 20.1 Å². The Kier molecular flexibility index (Phi) is 6.61. The van der Waals surface area contributed by atoms with Crippen LogP contribution < -0.4 is 14.8 Å². The zero-order chi connectivity index (χ0) is 19.9. The van der Waals surface area contributed by atoms with E-state index in [2.05, 4.69) is 24.4 Å². The van der Waals surface area contributed by atoms with Gasteiger partial charge in [0.2, 0.25) is 0 Å². The first-order chi connectivity index (χ1) is 13.6. The lowest BCUT2D eigenvalue weighted by Gasteiger charge is -2.17. The minimum absolute atomic E-state index is 0.275. The Morgan fingerprint density at radius 1 is 1.00 bits per heavy atom. The Morgan fingerprint density at radius 2 is 1.75 bits per heavy atom. The summed E-state index contributed by atoms with van der Waals surface area (Å²) in [7, 11) is 1.59. The lowest BCUT2D eigenvalue weighted by molar-refractivity contribution is 0.284. The molecule has 3 rings (SSSR count). The molecule has 0 amide bonds. The van der Waals surface area contributed by atoms with Crippen LogP contribution >= 0.6 is 12.2 Å². The van der Waals surface area contributed by atoms with Gasteiger partial charge in [0.25, 0.3) is 0 Å². The maximum Gasteiger partial charge on any atom is 0.171 e. The van der Waals surface area contributed by atoms with Crippen molar-refractivity contribution >= 4 is 17.2 Å². The van der Waals surface area contributed by atoms with Crippen LogP contribution in [0.2, 0.25) is 0 Å². The van der Waals surface area contributed by atoms with E-state index in [4.69, 9.17) is 21.7 Å². The lowest BCUT2D eigenvalue weighted by atomic mass is 10.1. The Hall–Kier alpha value is -2.92. The number of nitrogens with one attached hydrogen (secondary N) is 1. The second-order valence-electron chi connectivity index (χ2n) is 6.36. The highest BCUT2D eigenvalue weighted by Crippen LogP contribution is 2.32. The number of aryl methyl sites for hydroxylation is 1. The van der Waals surface area contributed by atoms with Gasteiger partial charge in [-0.3, -0.25) is 0 Å². The van der Waals surface area contributed by atoms with Crippen molar-refractivity contribution in [2.75, 3.05) is 7.11 Å². The van der Waals surface area contributed by atoms with Crippen LogP contribution in [0.1, 0.15) is 22.3 Å². The summed E-state index contributed by atoms with van der Waals surface area (Å²) in [6.45, 7) is 2.98. The maximum absolute atomic E-state index is 13.1. The van der Waals surface area contributed by atoms with E-state index in [-0.39, 0.29) is 12.4 Å². The van der Waals surface area contributed by atoms with E-state index in [9.17, 15) is 4.39 Å². The van der Waals surface area contributed by atoms with Crippen molar-refractivity contribution in [1.82, 2.24) is 5.32 Å². The van der Waals surface area contributed by atoms with Crippen LogP contribution in [-0.2, 0) is 13.2 Å². The molecule has 0 radical (unpaired) electrons. The van der Waals surface area contributed by atoms with E-state index in [1.54, 1.807) is 19.2 Å². The van der Waals surface area contributed by atoms with Crippen LogP contribution in [0.3, 0.4) is 0 Å². The largest absolute Gasteiger partial charge is 0.493 e. The van der Waals surface area contributed by atoms with Gasteiger partial charge >= 0.3 is 0 Å². The number of thiocarbonyl (C=S) groups is 1. The Morgan fingerprint density at radius 3 is 2.46 bits per heavy atom. The molecule has 0 unspecified atom stereocenters. The summed E-state index contributed by atoms with van der Waals surface area (Å²) in [5.74, 6) is 0.888. The van der Waals surface area contributed by atoms with Gasteiger partial charge in [0.15, 0.2) is 11.5 Å². The third-order valence-electron chi connectivity index (χ3n) is 4.44. The topological polar surface area (TPSA) is 30.5 Å². The van der Waals surface area contributed by atoms with Gasteiger partial charge in [0, 0.05) is 6.54 Å². The van der Waals surface area contributed by atoms with E-state index in [0.717, 1.165) is 11.1 Å². The number of rotatable bonds is 7. The summed E-state index contributed by atoms with van der Waals surface area (Å²) in [6, 6.07) is 20.0. The Bertz CT molecular complexity index is 957. The predicted octanol–water partition coefficient (Wildman–Crippen LogP) is 5.19. The first-order valence-corrected chi connectivity index (χ1v) is 9.36. The Labute approximate surface area is 170 Å². The van der Waals surface area contributed by atoms with Crippen LogP contribution in [0.4, 0.5) is 4.39 Å². The average Bonchev–Trinajstić information content (AvgIpc) is 2.72. The van der Waals surface area contributed by atoms with Crippen molar-refractivity contribution in [3.8, 4) is 11.5 Å².